The lowest BCUT2D eigenvalue weighted by Crippen LogP contribution is -3.14. The Morgan fingerprint density at radius 1 is 1.12 bits per heavy atom. The van der Waals surface area contributed by atoms with E-state index in [-0.39, 0.29) is 17.7 Å². The second-order valence-corrected chi connectivity index (χ2v) is 6.91. The molecule has 0 saturated carbocycles. The first-order valence-corrected chi connectivity index (χ1v) is 8.50. The summed E-state index contributed by atoms with van der Waals surface area (Å²) in [4.78, 5) is 28.7. The van der Waals surface area contributed by atoms with Crippen LogP contribution in [-0.4, -0.2) is 57.5 Å². The molecule has 1 heterocycles. The summed E-state index contributed by atoms with van der Waals surface area (Å²) >= 11 is 0. The summed E-state index contributed by atoms with van der Waals surface area (Å²) in [6.45, 7) is 2.77. The van der Waals surface area contributed by atoms with E-state index >= 15 is 0 Å². The molecule has 6 nitrogen and oxygen atoms in total. The second-order valence-electron chi connectivity index (χ2n) is 6.91. The zero-order valence-electron chi connectivity index (χ0n) is 14.9. The number of anilines is 1. The predicted octanol–water partition coefficient (Wildman–Crippen LogP) is -0.509. The van der Waals surface area contributed by atoms with Gasteiger partial charge in [-0.2, -0.15) is 0 Å². The van der Waals surface area contributed by atoms with Gasteiger partial charge in [-0.05, 0) is 17.7 Å². The van der Waals surface area contributed by atoms with Crippen molar-refractivity contribution in [2.75, 3.05) is 45.7 Å². The van der Waals surface area contributed by atoms with Gasteiger partial charge in [0.1, 0.15) is 0 Å². The van der Waals surface area contributed by atoms with E-state index in [2.05, 4.69) is 29.2 Å². The normalized spacial score (nSPS) is 20.5. The Labute approximate surface area is 144 Å². The van der Waals surface area contributed by atoms with Crippen LogP contribution in [-0.2, 0) is 16.1 Å². The number of carbonyl (C=O) groups excluding carboxylic acids is 2. The molecule has 0 bridgehead atoms. The fourth-order valence-electron chi connectivity index (χ4n) is 3.10. The molecule has 2 rings (SSSR count). The van der Waals surface area contributed by atoms with Crippen molar-refractivity contribution < 1.29 is 14.5 Å². The Balaban J connectivity index is 1.81. The summed E-state index contributed by atoms with van der Waals surface area (Å²) in [5, 5.41) is 0. The van der Waals surface area contributed by atoms with Crippen molar-refractivity contribution in [1.29, 1.82) is 0 Å². The van der Waals surface area contributed by atoms with Crippen molar-refractivity contribution in [3.8, 4) is 0 Å². The van der Waals surface area contributed by atoms with Crippen LogP contribution in [0.3, 0.4) is 0 Å². The van der Waals surface area contributed by atoms with Crippen LogP contribution >= 0.6 is 0 Å². The fourth-order valence-corrected chi connectivity index (χ4v) is 3.10. The van der Waals surface area contributed by atoms with E-state index in [1.165, 1.54) is 4.90 Å². The highest BCUT2D eigenvalue weighted by Crippen LogP contribution is 2.13. The van der Waals surface area contributed by atoms with E-state index in [9.17, 15) is 9.59 Å². The van der Waals surface area contributed by atoms with Crippen molar-refractivity contribution in [2.45, 2.75) is 19.4 Å². The standard InChI is InChI=1S/C18H28N4O2/c1-20(2)16-6-4-14(5-7-16)12-21(3)17(23)13-22-10-8-15(9-11-22)18(19)24/h4-7,15H,8-13H2,1-3H3,(H2,19,24)/p+1. The molecule has 0 aliphatic carbocycles. The first kappa shape index (κ1) is 18.3. The third kappa shape index (κ3) is 4.96. The molecule has 132 valence electrons. The van der Waals surface area contributed by atoms with Gasteiger partial charge in [0.2, 0.25) is 5.91 Å². The Morgan fingerprint density at radius 3 is 2.21 bits per heavy atom. The average molecular weight is 333 g/mol. The Bertz CT molecular complexity index is 563. The molecule has 1 aromatic carbocycles. The van der Waals surface area contributed by atoms with Crippen molar-refractivity contribution in [3.05, 3.63) is 29.8 Å². The molecular weight excluding hydrogens is 304 g/mol. The summed E-state index contributed by atoms with van der Waals surface area (Å²) in [6, 6.07) is 8.25. The molecule has 1 fully saturated rings. The van der Waals surface area contributed by atoms with Crippen molar-refractivity contribution in [1.82, 2.24) is 4.90 Å². The number of hydrogen-bond donors (Lipinski definition) is 2. The number of likely N-dealkylation sites (tertiary alicyclic amines) is 1. The highest BCUT2D eigenvalue weighted by Gasteiger charge is 2.27. The number of carbonyl (C=O) groups is 2. The molecule has 24 heavy (non-hydrogen) atoms. The maximum Gasteiger partial charge on any atom is 0.277 e. The van der Waals surface area contributed by atoms with Gasteiger partial charge in [-0.15, -0.1) is 0 Å². The smallest absolute Gasteiger partial charge is 0.277 e. The molecule has 2 amide bonds. The Morgan fingerprint density at radius 2 is 1.71 bits per heavy atom. The monoisotopic (exact) mass is 333 g/mol. The number of nitrogens with one attached hydrogen (secondary N) is 1. The minimum absolute atomic E-state index is 0.0169. The number of nitrogens with two attached hydrogens (primary N) is 1. The Kier molecular flexibility index (Phi) is 6.20. The molecule has 6 heteroatoms. The van der Waals surface area contributed by atoms with Crippen molar-refractivity contribution >= 4 is 17.5 Å². The van der Waals surface area contributed by atoms with Gasteiger partial charge in [0.25, 0.3) is 5.91 Å². The van der Waals surface area contributed by atoms with Gasteiger partial charge in [-0.25, -0.2) is 0 Å². The maximum absolute atomic E-state index is 12.4. The van der Waals surface area contributed by atoms with E-state index < -0.39 is 0 Å². The Hall–Kier alpha value is -2.08. The highest BCUT2D eigenvalue weighted by atomic mass is 16.2. The van der Waals surface area contributed by atoms with E-state index in [4.69, 9.17) is 5.73 Å². The van der Waals surface area contributed by atoms with Crippen LogP contribution in [0.25, 0.3) is 0 Å². The number of piperidine rings is 1. The van der Waals surface area contributed by atoms with Gasteiger partial charge in [0.15, 0.2) is 6.54 Å². The first-order chi connectivity index (χ1) is 11.4. The summed E-state index contributed by atoms with van der Waals surface area (Å²) in [7, 11) is 5.86. The van der Waals surface area contributed by atoms with Gasteiger partial charge in [-0.3, -0.25) is 9.59 Å². The maximum atomic E-state index is 12.4. The zero-order valence-corrected chi connectivity index (χ0v) is 14.9. The second kappa shape index (κ2) is 8.15. The number of hydrogen-bond acceptors (Lipinski definition) is 3. The lowest BCUT2D eigenvalue weighted by molar-refractivity contribution is -0.898. The third-order valence-electron chi connectivity index (χ3n) is 4.79. The number of likely N-dealkylation sites (N-methyl/N-ethyl adjacent to an activating group) is 1. The van der Waals surface area contributed by atoms with Crippen LogP contribution in [0.1, 0.15) is 18.4 Å². The van der Waals surface area contributed by atoms with Gasteiger partial charge >= 0.3 is 0 Å². The lowest BCUT2D eigenvalue weighted by Gasteiger charge is -2.28. The van der Waals surface area contributed by atoms with Gasteiger partial charge < -0.3 is 20.4 Å². The molecule has 1 aliphatic rings. The average Bonchev–Trinajstić information content (AvgIpc) is 2.55. The largest absolute Gasteiger partial charge is 0.378 e. The van der Waals surface area contributed by atoms with E-state index in [1.54, 1.807) is 4.90 Å². The fraction of sp³-hybridized carbons (Fsp3) is 0.556. The minimum Gasteiger partial charge on any atom is -0.378 e. The number of rotatable bonds is 6. The highest BCUT2D eigenvalue weighted by molar-refractivity contribution is 5.77. The van der Waals surface area contributed by atoms with Crippen LogP contribution in [0.4, 0.5) is 5.69 Å². The van der Waals surface area contributed by atoms with E-state index in [0.29, 0.717) is 13.1 Å². The molecular formula is C18H29N4O2+. The van der Waals surface area contributed by atoms with E-state index in [1.807, 2.05) is 21.1 Å². The van der Waals surface area contributed by atoms with Crippen molar-refractivity contribution in [3.63, 3.8) is 0 Å². The summed E-state index contributed by atoms with van der Waals surface area (Å²) in [5.74, 6) is -0.0883. The van der Waals surface area contributed by atoms with Gasteiger partial charge in [0.05, 0.1) is 13.1 Å². The minimum atomic E-state index is -0.210. The molecule has 0 atom stereocenters. The molecule has 0 spiro atoms. The number of amides is 2. The first-order valence-electron chi connectivity index (χ1n) is 8.50. The van der Waals surface area contributed by atoms with Gasteiger partial charge in [-0.1, -0.05) is 12.1 Å². The van der Waals surface area contributed by atoms with Crippen LogP contribution in [0, 0.1) is 5.92 Å². The summed E-state index contributed by atoms with van der Waals surface area (Å²) < 4.78 is 0. The third-order valence-corrected chi connectivity index (χ3v) is 4.79. The van der Waals surface area contributed by atoms with E-state index in [0.717, 1.165) is 37.2 Å². The molecule has 0 aromatic heterocycles. The predicted molar refractivity (Wildman–Crippen MR) is 94.7 cm³/mol. The van der Waals surface area contributed by atoms with Gasteiger partial charge in [0, 0.05) is 52.1 Å². The molecule has 1 aliphatic heterocycles. The van der Waals surface area contributed by atoms with Crippen LogP contribution in [0.15, 0.2) is 24.3 Å². The topological polar surface area (TPSA) is 71.1 Å². The quantitative estimate of drug-likeness (QED) is 0.737. The van der Waals surface area contributed by atoms with Crippen LogP contribution in [0.5, 0.6) is 0 Å². The number of primary amides is 1. The van der Waals surface area contributed by atoms with Crippen LogP contribution in [0.2, 0.25) is 0 Å². The molecule has 0 radical (unpaired) electrons. The summed E-state index contributed by atoms with van der Waals surface area (Å²) in [5.41, 5.74) is 7.62. The molecule has 1 aromatic rings. The molecule has 1 saturated heterocycles. The van der Waals surface area contributed by atoms with Crippen LogP contribution < -0.4 is 15.5 Å². The number of benzene rings is 1. The molecule has 0 unspecified atom stereocenters. The SMILES string of the molecule is CN(Cc1ccc(N(C)C)cc1)C(=O)C[NH+]1CCC(C(N)=O)CC1. The lowest BCUT2D eigenvalue weighted by atomic mass is 9.96. The molecule has 3 N–H and O–H groups in total. The summed E-state index contributed by atoms with van der Waals surface area (Å²) in [6.07, 6.45) is 1.57. The zero-order chi connectivity index (χ0) is 17.7. The number of nitrogens with zero attached hydrogens (tertiary/aromatic N) is 2. The van der Waals surface area contributed by atoms with Crippen molar-refractivity contribution in [2.24, 2.45) is 11.7 Å². The number of quaternary nitrogens is 1.